The third-order valence-electron chi connectivity index (χ3n) is 4.65. The number of sulfonamides is 1. The summed E-state index contributed by atoms with van der Waals surface area (Å²) in [6, 6.07) is 13.3. The largest absolute Gasteiger partial charge is 0.491 e. The van der Waals surface area contributed by atoms with Crippen molar-refractivity contribution in [1.82, 2.24) is 5.32 Å². The van der Waals surface area contributed by atoms with Gasteiger partial charge in [0.2, 0.25) is 15.9 Å². The SMILES string of the molecule is Cc1cc(C)cc(N(CCCC(=O)N[C@@H](C)COc2ccccc2C)S(C)(=O)=O)c1. The Morgan fingerprint density at radius 2 is 1.73 bits per heavy atom. The number of carbonyl (C=O) groups excluding carboxylic acids is 1. The molecule has 2 aromatic rings. The number of nitrogens with zero attached hydrogens (tertiary/aromatic N) is 1. The van der Waals surface area contributed by atoms with Crippen molar-refractivity contribution in [2.45, 2.75) is 46.6 Å². The number of anilines is 1. The second kappa shape index (κ2) is 10.5. The van der Waals surface area contributed by atoms with Gasteiger partial charge in [0.15, 0.2) is 0 Å². The zero-order chi connectivity index (χ0) is 22.3. The van der Waals surface area contributed by atoms with Crippen LogP contribution in [0.15, 0.2) is 42.5 Å². The standard InChI is InChI=1S/C23H32N2O4S/c1-17-13-18(2)15-21(14-17)25(30(5,27)28)12-8-11-23(26)24-20(4)16-29-22-10-7-6-9-19(22)3/h6-7,9-10,13-15,20H,8,11-12,16H2,1-5H3,(H,24,26)/t20-/m0/s1. The molecule has 0 aliphatic rings. The minimum absolute atomic E-state index is 0.121. The van der Waals surface area contributed by atoms with Crippen molar-refractivity contribution in [3.05, 3.63) is 59.2 Å². The number of para-hydroxylation sites is 1. The molecule has 0 heterocycles. The van der Waals surface area contributed by atoms with Gasteiger partial charge in [-0.2, -0.15) is 0 Å². The van der Waals surface area contributed by atoms with Crippen LogP contribution in [0, 0.1) is 20.8 Å². The highest BCUT2D eigenvalue weighted by Crippen LogP contribution is 2.22. The van der Waals surface area contributed by atoms with Crippen molar-refractivity contribution >= 4 is 21.6 Å². The maximum absolute atomic E-state index is 12.3. The van der Waals surface area contributed by atoms with Crippen LogP contribution in [0.4, 0.5) is 5.69 Å². The van der Waals surface area contributed by atoms with Crippen LogP contribution in [-0.2, 0) is 14.8 Å². The van der Waals surface area contributed by atoms with Gasteiger partial charge in [0.25, 0.3) is 0 Å². The number of benzene rings is 2. The van der Waals surface area contributed by atoms with E-state index in [1.165, 1.54) is 10.6 Å². The van der Waals surface area contributed by atoms with Crippen molar-refractivity contribution < 1.29 is 17.9 Å². The van der Waals surface area contributed by atoms with Crippen LogP contribution in [0.5, 0.6) is 5.75 Å². The van der Waals surface area contributed by atoms with Crippen LogP contribution in [0.25, 0.3) is 0 Å². The first-order valence-electron chi connectivity index (χ1n) is 10.1. The van der Waals surface area contributed by atoms with Gasteiger partial charge in [-0.1, -0.05) is 24.3 Å². The molecule has 7 heteroatoms. The first kappa shape index (κ1) is 23.7. The predicted molar refractivity (Wildman–Crippen MR) is 122 cm³/mol. The maximum Gasteiger partial charge on any atom is 0.232 e. The first-order chi connectivity index (χ1) is 14.1. The number of ether oxygens (including phenoxy) is 1. The van der Waals surface area contributed by atoms with Gasteiger partial charge < -0.3 is 10.1 Å². The normalized spacial score (nSPS) is 12.3. The summed E-state index contributed by atoms with van der Waals surface area (Å²) in [5.74, 6) is 0.681. The summed E-state index contributed by atoms with van der Waals surface area (Å²) in [5, 5.41) is 2.91. The molecular weight excluding hydrogens is 400 g/mol. The average Bonchev–Trinajstić information content (AvgIpc) is 2.62. The van der Waals surface area contributed by atoms with E-state index in [4.69, 9.17) is 4.74 Å². The van der Waals surface area contributed by atoms with Gasteiger partial charge >= 0.3 is 0 Å². The van der Waals surface area contributed by atoms with Gasteiger partial charge in [-0.15, -0.1) is 0 Å². The van der Waals surface area contributed by atoms with Crippen LogP contribution < -0.4 is 14.4 Å². The molecule has 0 aromatic heterocycles. The van der Waals surface area contributed by atoms with E-state index in [-0.39, 0.29) is 24.9 Å². The molecule has 0 unspecified atom stereocenters. The Kier molecular flexibility index (Phi) is 8.29. The van der Waals surface area contributed by atoms with E-state index < -0.39 is 10.0 Å². The molecule has 0 aliphatic heterocycles. The number of hydrogen-bond acceptors (Lipinski definition) is 4. The van der Waals surface area contributed by atoms with E-state index >= 15 is 0 Å². The first-order valence-corrected chi connectivity index (χ1v) is 11.9. The molecule has 6 nitrogen and oxygen atoms in total. The minimum atomic E-state index is -3.43. The third-order valence-corrected chi connectivity index (χ3v) is 5.84. The lowest BCUT2D eigenvalue weighted by molar-refractivity contribution is -0.121. The van der Waals surface area contributed by atoms with E-state index in [0.717, 1.165) is 22.4 Å². The molecule has 2 rings (SSSR count). The molecule has 164 valence electrons. The second-order valence-electron chi connectivity index (χ2n) is 7.83. The summed E-state index contributed by atoms with van der Waals surface area (Å²) >= 11 is 0. The molecule has 0 bridgehead atoms. The van der Waals surface area contributed by atoms with Crippen LogP contribution >= 0.6 is 0 Å². The van der Waals surface area contributed by atoms with E-state index in [2.05, 4.69) is 5.32 Å². The van der Waals surface area contributed by atoms with Crippen LogP contribution in [0.1, 0.15) is 36.5 Å². The lowest BCUT2D eigenvalue weighted by Gasteiger charge is -2.23. The molecule has 0 fully saturated rings. The molecule has 2 aromatic carbocycles. The summed E-state index contributed by atoms with van der Waals surface area (Å²) in [6.07, 6.45) is 1.86. The second-order valence-corrected chi connectivity index (χ2v) is 9.74. The summed E-state index contributed by atoms with van der Waals surface area (Å²) in [5.41, 5.74) is 3.68. The molecule has 1 N–H and O–H groups in total. The smallest absolute Gasteiger partial charge is 0.232 e. The summed E-state index contributed by atoms with van der Waals surface area (Å²) in [7, 11) is -3.43. The van der Waals surface area contributed by atoms with E-state index in [0.29, 0.717) is 18.7 Å². The Bertz CT molecular complexity index is 953. The fourth-order valence-corrected chi connectivity index (χ4v) is 4.24. The highest BCUT2D eigenvalue weighted by Gasteiger charge is 2.18. The molecule has 0 spiro atoms. The zero-order valence-corrected chi connectivity index (χ0v) is 19.3. The van der Waals surface area contributed by atoms with Gasteiger partial charge in [-0.25, -0.2) is 8.42 Å². The molecule has 0 saturated heterocycles. The van der Waals surface area contributed by atoms with Crippen LogP contribution in [0.3, 0.4) is 0 Å². The lowest BCUT2D eigenvalue weighted by Crippen LogP contribution is -2.37. The van der Waals surface area contributed by atoms with Crippen LogP contribution in [-0.4, -0.2) is 39.8 Å². The fraction of sp³-hybridized carbons (Fsp3) is 0.435. The number of hydrogen-bond donors (Lipinski definition) is 1. The molecule has 0 saturated carbocycles. The Hall–Kier alpha value is -2.54. The van der Waals surface area contributed by atoms with Gasteiger partial charge in [-0.3, -0.25) is 9.10 Å². The number of rotatable bonds is 10. The van der Waals surface area contributed by atoms with Crippen molar-refractivity contribution in [3.63, 3.8) is 0 Å². The van der Waals surface area contributed by atoms with E-state index in [9.17, 15) is 13.2 Å². The zero-order valence-electron chi connectivity index (χ0n) is 18.4. The Balaban J connectivity index is 1.86. The Morgan fingerprint density at radius 1 is 1.10 bits per heavy atom. The molecule has 30 heavy (non-hydrogen) atoms. The molecule has 0 radical (unpaired) electrons. The minimum Gasteiger partial charge on any atom is -0.491 e. The number of nitrogens with one attached hydrogen (secondary N) is 1. The summed E-state index contributed by atoms with van der Waals surface area (Å²) in [4.78, 5) is 12.3. The van der Waals surface area contributed by atoms with Gasteiger partial charge in [0.1, 0.15) is 12.4 Å². The van der Waals surface area contributed by atoms with Crippen LogP contribution in [0.2, 0.25) is 0 Å². The quantitative estimate of drug-likeness (QED) is 0.621. The van der Waals surface area contributed by atoms with Crippen molar-refractivity contribution in [3.8, 4) is 5.75 Å². The Morgan fingerprint density at radius 3 is 2.33 bits per heavy atom. The molecular formula is C23H32N2O4S. The third kappa shape index (κ3) is 7.37. The fourth-order valence-electron chi connectivity index (χ4n) is 3.29. The summed E-state index contributed by atoms with van der Waals surface area (Å²) in [6.45, 7) is 8.35. The maximum atomic E-state index is 12.3. The number of carbonyl (C=O) groups is 1. The number of aryl methyl sites for hydroxylation is 3. The lowest BCUT2D eigenvalue weighted by atomic mass is 10.1. The average molecular weight is 433 g/mol. The van der Waals surface area contributed by atoms with Crippen molar-refractivity contribution in [2.24, 2.45) is 0 Å². The van der Waals surface area contributed by atoms with Crippen molar-refractivity contribution in [2.75, 3.05) is 23.7 Å². The number of amides is 1. The highest BCUT2D eigenvalue weighted by molar-refractivity contribution is 7.92. The van der Waals surface area contributed by atoms with Gasteiger partial charge in [0, 0.05) is 13.0 Å². The molecule has 1 amide bonds. The van der Waals surface area contributed by atoms with E-state index in [1.54, 1.807) is 0 Å². The van der Waals surface area contributed by atoms with Gasteiger partial charge in [-0.05, 0) is 69.0 Å². The van der Waals surface area contributed by atoms with Crippen molar-refractivity contribution in [1.29, 1.82) is 0 Å². The highest BCUT2D eigenvalue weighted by atomic mass is 32.2. The summed E-state index contributed by atoms with van der Waals surface area (Å²) < 4.78 is 31.7. The topological polar surface area (TPSA) is 75.7 Å². The van der Waals surface area contributed by atoms with E-state index in [1.807, 2.05) is 70.2 Å². The van der Waals surface area contributed by atoms with Gasteiger partial charge in [0.05, 0.1) is 18.0 Å². The predicted octanol–water partition coefficient (Wildman–Crippen LogP) is 3.74. The Labute approximate surface area is 180 Å². The monoisotopic (exact) mass is 432 g/mol. The molecule has 1 atom stereocenters. The molecule has 0 aliphatic carbocycles.